The Balaban J connectivity index is 1.97. The number of fused-ring (bicyclic) bond motifs is 1. The molecular weight excluding hydrogens is 281 g/mol. The van der Waals surface area contributed by atoms with E-state index in [0.717, 1.165) is 17.7 Å². The van der Waals surface area contributed by atoms with E-state index in [0.29, 0.717) is 23.5 Å². The van der Waals surface area contributed by atoms with Crippen LogP contribution in [-0.4, -0.2) is 5.11 Å². The fraction of sp³-hybridized carbons (Fsp3) is 0.200. The SMILES string of the molecule is Nc1ccc2c(c1)C(O)N(c1cccc(C(F)(F)F)c1)C2. The van der Waals surface area contributed by atoms with E-state index in [-0.39, 0.29) is 0 Å². The van der Waals surface area contributed by atoms with Crippen molar-refractivity contribution in [2.75, 3.05) is 10.6 Å². The van der Waals surface area contributed by atoms with Crippen molar-refractivity contribution in [3.63, 3.8) is 0 Å². The fourth-order valence-electron chi connectivity index (χ4n) is 2.53. The van der Waals surface area contributed by atoms with Gasteiger partial charge in [-0.3, -0.25) is 0 Å². The lowest BCUT2D eigenvalue weighted by Gasteiger charge is -2.23. The molecule has 1 atom stereocenters. The van der Waals surface area contributed by atoms with E-state index in [9.17, 15) is 18.3 Å². The molecule has 1 unspecified atom stereocenters. The van der Waals surface area contributed by atoms with Crippen LogP contribution in [0.2, 0.25) is 0 Å². The molecule has 0 fully saturated rings. The lowest BCUT2D eigenvalue weighted by Crippen LogP contribution is -2.21. The zero-order valence-electron chi connectivity index (χ0n) is 10.9. The quantitative estimate of drug-likeness (QED) is 0.793. The van der Waals surface area contributed by atoms with Gasteiger partial charge in [0.1, 0.15) is 0 Å². The van der Waals surface area contributed by atoms with Crippen molar-refractivity contribution in [2.45, 2.75) is 18.9 Å². The topological polar surface area (TPSA) is 49.5 Å². The Hall–Kier alpha value is -2.21. The van der Waals surface area contributed by atoms with Gasteiger partial charge < -0.3 is 15.7 Å². The first-order valence-corrected chi connectivity index (χ1v) is 6.36. The van der Waals surface area contributed by atoms with Gasteiger partial charge in [0.25, 0.3) is 0 Å². The van der Waals surface area contributed by atoms with Gasteiger partial charge in [0.05, 0.1) is 5.56 Å². The minimum absolute atomic E-state index is 0.326. The Morgan fingerprint density at radius 3 is 2.62 bits per heavy atom. The Bertz CT molecular complexity index is 685. The summed E-state index contributed by atoms with van der Waals surface area (Å²) in [5, 5.41) is 10.3. The first-order valence-electron chi connectivity index (χ1n) is 6.36. The fourth-order valence-corrected chi connectivity index (χ4v) is 2.53. The number of alkyl halides is 3. The molecule has 3 nitrogen and oxygen atoms in total. The van der Waals surface area contributed by atoms with E-state index in [2.05, 4.69) is 0 Å². The van der Waals surface area contributed by atoms with Crippen molar-refractivity contribution in [3.8, 4) is 0 Å². The molecule has 0 bridgehead atoms. The second-order valence-electron chi connectivity index (χ2n) is 5.01. The van der Waals surface area contributed by atoms with Crippen LogP contribution >= 0.6 is 0 Å². The number of hydrogen-bond donors (Lipinski definition) is 2. The molecular formula is C15H13F3N2O. The average molecular weight is 294 g/mol. The first-order chi connectivity index (χ1) is 9.86. The maximum Gasteiger partial charge on any atom is 0.416 e. The molecule has 2 aromatic rings. The molecule has 2 aromatic carbocycles. The highest BCUT2D eigenvalue weighted by Crippen LogP contribution is 2.39. The Morgan fingerprint density at radius 2 is 1.90 bits per heavy atom. The molecule has 0 amide bonds. The summed E-state index contributed by atoms with van der Waals surface area (Å²) < 4.78 is 38.3. The van der Waals surface area contributed by atoms with Gasteiger partial charge >= 0.3 is 6.18 Å². The third-order valence-electron chi connectivity index (χ3n) is 3.59. The summed E-state index contributed by atoms with van der Waals surface area (Å²) in [6.45, 7) is 0.345. The smallest absolute Gasteiger partial charge is 0.399 e. The average Bonchev–Trinajstić information content (AvgIpc) is 2.75. The number of nitrogen functional groups attached to an aromatic ring is 1. The van der Waals surface area contributed by atoms with Crippen LogP contribution in [0.5, 0.6) is 0 Å². The van der Waals surface area contributed by atoms with E-state index in [1.54, 1.807) is 24.3 Å². The monoisotopic (exact) mass is 294 g/mol. The summed E-state index contributed by atoms with van der Waals surface area (Å²) in [6, 6.07) is 10.1. The van der Waals surface area contributed by atoms with E-state index in [1.165, 1.54) is 11.0 Å². The molecule has 0 spiro atoms. The Labute approximate surface area is 119 Å². The summed E-state index contributed by atoms with van der Waals surface area (Å²) in [4.78, 5) is 1.51. The van der Waals surface area contributed by atoms with Crippen molar-refractivity contribution in [1.29, 1.82) is 0 Å². The molecule has 0 saturated carbocycles. The van der Waals surface area contributed by atoms with E-state index in [4.69, 9.17) is 5.73 Å². The van der Waals surface area contributed by atoms with Crippen molar-refractivity contribution in [2.24, 2.45) is 0 Å². The summed E-state index contributed by atoms with van der Waals surface area (Å²) >= 11 is 0. The second-order valence-corrected chi connectivity index (χ2v) is 5.01. The maximum absolute atomic E-state index is 12.8. The highest BCUT2D eigenvalue weighted by molar-refractivity contribution is 5.57. The number of nitrogens with zero attached hydrogens (tertiary/aromatic N) is 1. The van der Waals surface area contributed by atoms with E-state index < -0.39 is 18.0 Å². The highest BCUT2D eigenvalue weighted by Gasteiger charge is 2.33. The summed E-state index contributed by atoms with van der Waals surface area (Å²) in [6.07, 6.45) is -5.40. The number of aliphatic hydroxyl groups excluding tert-OH is 1. The molecule has 0 radical (unpaired) electrons. The minimum Gasteiger partial charge on any atom is -0.399 e. The van der Waals surface area contributed by atoms with Gasteiger partial charge in [-0.25, -0.2) is 0 Å². The van der Waals surface area contributed by atoms with Crippen LogP contribution in [0.1, 0.15) is 22.9 Å². The molecule has 21 heavy (non-hydrogen) atoms. The molecule has 1 heterocycles. The summed E-state index contributed by atoms with van der Waals surface area (Å²) in [7, 11) is 0. The molecule has 0 aromatic heterocycles. The number of rotatable bonds is 1. The molecule has 110 valence electrons. The molecule has 1 aliphatic heterocycles. The molecule has 3 N–H and O–H groups in total. The third kappa shape index (κ3) is 2.42. The zero-order valence-corrected chi connectivity index (χ0v) is 10.9. The largest absolute Gasteiger partial charge is 0.416 e. The van der Waals surface area contributed by atoms with Gasteiger partial charge in [0.15, 0.2) is 6.23 Å². The number of anilines is 2. The summed E-state index contributed by atoms with van der Waals surface area (Å²) in [5.41, 5.74) is 7.27. The predicted octanol–water partition coefficient (Wildman–Crippen LogP) is 3.30. The number of benzene rings is 2. The van der Waals surface area contributed by atoms with Gasteiger partial charge in [-0.05, 0) is 35.9 Å². The van der Waals surface area contributed by atoms with Crippen molar-refractivity contribution in [1.82, 2.24) is 0 Å². The molecule has 0 saturated heterocycles. The standard InChI is InChI=1S/C15H13F3N2O/c16-15(17,18)10-2-1-3-12(6-10)20-8-9-4-5-11(19)7-13(9)14(20)21/h1-7,14,21H,8,19H2. The molecule has 0 aliphatic carbocycles. The first kappa shape index (κ1) is 13.8. The predicted molar refractivity (Wildman–Crippen MR) is 73.4 cm³/mol. The number of halogens is 3. The summed E-state index contributed by atoms with van der Waals surface area (Å²) in [5.74, 6) is 0. The Morgan fingerprint density at radius 1 is 1.14 bits per heavy atom. The van der Waals surface area contributed by atoms with E-state index >= 15 is 0 Å². The van der Waals surface area contributed by atoms with Crippen LogP contribution in [0.15, 0.2) is 42.5 Å². The van der Waals surface area contributed by atoms with Crippen LogP contribution in [0.4, 0.5) is 24.5 Å². The van der Waals surface area contributed by atoms with Gasteiger partial charge in [-0.2, -0.15) is 13.2 Å². The van der Waals surface area contributed by atoms with Crippen molar-refractivity contribution < 1.29 is 18.3 Å². The van der Waals surface area contributed by atoms with Crippen LogP contribution in [0.3, 0.4) is 0 Å². The number of hydrogen-bond acceptors (Lipinski definition) is 3. The van der Waals surface area contributed by atoms with Crippen molar-refractivity contribution in [3.05, 3.63) is 59.2 Å². The minimum atomic E-state index is -4.40. The van der Waals surface area contributed by atoms with Gasteiger partial charge in [-0.15, -0.1) is 0 Å². The maximum atomic E-state index is 12.8. The van der Waals surface area contributed by atoms with Crippen LogP contribution in [-0.2, 0) is 12.7 Å². The highest BCUT2D eigenvalue weighted by atomic mass is 19.4. The van der Waals surface area contributed by atoms with Gasteiger partial charge in [0, 0.05) is 23.5 Å². The van der Waals surface area contributed by atoms with Crippen molar-refractivity contribution >= 4 is 11.4 Å². The molecule has 6 heteroatoms. The van der Waals surface area contributed by atoms with Gasteiger partial charge in [0.2, 0.25) is 0 Å². The van der Waals surface area contributed by atoms with Gasteiger partial charge in [-0.1, -0.05) is 12.1 Å². The van der Waals surface area contributed by atoms with Crippen LogP contribution in [0, 0.1) is 0 Å². The molecule has 3 rings (SSSR count). The lowest BCUT2D eigenvalue weighted by atomic mass is 10.1. The van der Waals surface area contributed by atoms with Crippen LogP contribution in [0.25, 0.3) is 0 Å². The van der Waals surface area contributed by atoms with Crippen LogP contribution < -0.4 is 10.6 Å². The number of aliphatic hydroxyl groups is 1. The lowest BCUT2D eigenvalue weighted by molar-refractivity contribution is -0.137. The normalized spacial score (nSPS) is 17.9. The Kier molecular flexibility index (Phi) is 3.06. The van der Waals surface area contributed by atoms with E-state index in [1.807, 2.05) is 0 Å². The molecule has 1 aliphatic rings. The number of nitrogens with two attached hydrogens (primary N) is 1. The second kappa shape index (κ2) is 4.66. The zero-order chi connectivity index (χ0) is 15.2. The third-order valence-corrected chi connectivity index (χ3v) is 3.59.